The van der Waals surface area contributed by atoms with Crippen molar-refractivity contribution in [3.05, 3.63) is 65.7 Å². The molecule has 0 aliphatic heterocycles. The van der Waals surface area contributed by atoms with Crippen LogP contribution >= 0.6 is 0 Å². The van der Waals surface area contributed by atoms with E-state index in [1.54, 1.807) is 43.4 Å². The molecule has 3 aromatic rings. The summed E-state index contributed by atoms with van der Waals surface area (Å²) in [4.78, 5) is 16.5. The van der Waals surface area contributed by atoms with E-state index in [-0.39, 0.29) is 5.91 Å². The van der Waals surface area contributed by atoms with Gasteiger partial charge in [0.05, 0.1) is 20.8 Å². The molecular formula is C19H20N4O3. The molecule has 7 heteroatoms. The van der Waals surface area contributed by atoms with Crippen LogP contribution in [-0.2, 0) is 6.54 Å². The average molecular weight is 352 g/mol. The highest BCUT2D eigenvalue weighted by atomic mass is 16.5. The second-order valence-corrected chi connectivity index (χ2v) is 5.77. The molecule has 0 fully saturated rings. The molecule has 1 N–H and O–H groups in total. The maximum absolute atomic E-state index is 12.5. The molecule has 0 aliphatic rings. The molecule has 134 valence electrons. The highest BCUT2D eigenvalue weighted by Gasteiger charge is 2.12. The molecule has 0 bridgehead atoms. The number of ether oxygens (including phenoxy) is 2. The minimum absolute atomic E-state index is 0.187. The molecule has 1 amide bonds. The predicted octanol–water partition coefficient (Wildman–Crippen LogP) is 2.90. The number of carbonyl (C=O) groups is 1. The first-order valence-electron chi connectivity index (χ1n) is 8.06. The van der Waals surface area contributed by atoms with Gasteiger partial charge in [0.25, 0.3) is 5.91 Å². The smallest absolute Gasteiger partial charge is 0.255 e. The Morgan fingerprint density at radius 1 is 1.12 bits per heavy atom. The van der Waals surface area contributed by atoms with E-state index in [0.29, 0.717) is 29.3 Å². The minimum atomic E-state index is -0.187. The van der Waals surface area contributed by atoms with Crippen LogP contribution in [-0.4, -0.2) is 34.9 Å². The average Bonchev–Trinajstić information content (AvgIpc) is 3.16. The lowest BCUT2D eigenvalue weighted by Gasteiger charge is -2.14. The van der Waals surface area contributed by atoms with Gasteiger partial charge in [0.15, 0.2) is 11.5 Å². The predicted molar refractivity (Wildman–Crippen MR) is 97.8 cm³/mol. The van der Waals surface area contributed by atoms with Crippen LogP contribution in [0.2, 0.25) is 0 Å². The lowest BCUT2D eigenvalue weighted by molar-refractivity contribution is 0.102. The lowest BCUT2D eigenvalue weighted by Crippen LogP contribution is -2.13. The molecule has 0 radical (unpaired) electrons. The van der Waals surface area contributed by atoms with Gasteiger partial charge in [-0.25, -0.2) is 9.67 Å². The number of aromatic nitrogens is 3. The van der Waals surface area contributed by atoms with E-state index in [9.17, 15) is 4.79 Å². The normalized spacial score (nSPS) is 10.4. The Hall–Kier alpha value is -3.35. The van der Waals surface area contributed by atoms with Crippen LogP contribution < -0.4 is 14.8 Å². The highest BCUT2D eigenvalue weighted by Crippen LogP contribution is 2.33. The number of rotatable bonds is 6. The van der Waals surface area contributed by atoms with Gasteiger partial charge < -0.3 is 14.8 Å². The minimum Gasteiger partial charge on any atom is -0.493 e. The summed E-state index contributed by atoms with van der Waals surface area (Å²) < 4.78 is 12.3. The Labute approximate surface area is 151 Å². The van der Waals surface area contributed by atoms with Gasteiger partial charge in [-0.3, -0.25) is 4.79 Å². The molecule has 3 rings (SSSR count). The summed E-state index contributed by atoms with van der Waals surface area (Å²) in [5.41, 5.74) is 3.18. The fourth-order valence-electron chi connectivity index (χ4n) is 2.57. The van der Waals surface area contributed by atoms with Crippen molar-refractivity contribution < 1.29 is 14.3 Å². The number of carbonyl (C=O) groups excluding carboxylic acids is 1. The molecule has 0 spiro atoms. The van der Waals surface area contributed by atoms with Crippen molar-refractivity contribution in [1.82, 2.24) is 14.8 Å². The first-order valence-corrected chi connectivity index (χ1v) is 8.06. The summed E-state index contributed by atoms with van der Waals surface area (Å²) >= 11 is 0. The van der Waals surface area contributed by atoms with E-state index in [0.717, 1.165) is 11.1 Å². The molecule has 0 saturated carbocycles. The van der Waals surface area contributed by atoms with Gasteiger partial charge in [-0.05, 0) is 36.2 Å². The third kappa shape index (κ3) is 3.83. The van der Waals surface area contributed by atoms with Gasteiger partial charge in [-0.2, -0.15) is 5.10 Å². The lowest BCUT2D eigenvalue weighted by atomic mass is 10.1. The molecule has 26 heavy (non-hydrogen) atoms. The Bertz CT molecular complexity index is 890. The molecule has 1 aromatic heterocycles. The van der Waals surface area contributed by atoms with Gasteiger partial charge in [-0.15, -0.1) is 0 Å². The van der Waals surface area contributed by atoms with Crippen molar-refractivity contribution in [1.29, 1.82) is 0 Å². The summed E-state index contributed by atoms with van der Waals surface area (Å²) in [6, 6.07) is 11.0. The Morgan fingerprint density at radius 3 is 2.42 bits per heavy atom. The summed E-state index contributed by atoms with van der Waals surface area (Å²) in [6.45, 7) is 2.51. The van der Waals surface area contributed by atoms with Crippen LogP contribution in [0.25, 0.3) is 0 Å². The van der Waals surface area contributed by atoms with Crippen molar-refractivity contribution in [2.75, 3.05) is 19.5 Å². The number of nitrogens with zero attached hydrogens (tertiary/aromatic N) is 3. The number of methoxy groups -OCH3 is 2. The van der Waals surface area contributed by atoms with Crippen LogP contribution in [0.1, 0.15) is 21.5 Å². The van der Waals surface area contributed by atoms with Crippen LogP contribution in [0.4, 0.5) is 5.69 Å². The zero-order chi connectivity index (χ0) is 18.5. The van der Waals surface area contributed by atoms with Crippen LogP contribution in [0.15, 0.2) is 49.1 Å². The van der Waals surface area contributed by atoms with E-state index in [2.05, 4.69) is 15.4 Å². The SMILES string of the molecule is COc1cc(C)c(NC(=O)c2ccc(Cn3cncn3)cc2)cc1OC. The zero-order valence-electron chi connectivity index (χ0n) is 14.9. The molecule has 0 aliphatic carbocycles. The van der Waals surface area contributed by atoms with Crippen LogP contribution in [0.5, 0.6) is 11.5 Å². The van der Waals surface area contributed by atoms with Crippen molar-refractivity contribution in [2.24, 2.45) is 0 Å². The molecule has 7 nitrogen and oxygen atoms in total. The molecule has 0 saturated heterocycles. The number of amides is 1. The van der Waals surface area contributed by atoms with E-state index in [4.69, 9.17) is 9.47 Å². The number of nitrogens with one attached hydrogen (secondary N) is 1. The van der Waals surface area contributed by atoms with E-state index in [1.807, 2.05) is 25.1 Å². The third-order valence-electron chi connectivity index (χ3n) is 4.01. The number of benzene rings is 2. The van der Waals surface area contributed by atoms with Gasteiger partial charge in [0.1, 0.15) is 12.7 Å². The number of aryl methyl sites for hydroxylation is 1. The fourth-order valence-corrected chi connectivity index (χ4v) is 2.57. The molecule has 0 unspecified atom stereocenters. The van der Waals surface area contributed by atoms with Crippen molar-refractivity contribution in [3.8, 4) is 11.5 Å². The fraction of sp³-hybridized carbons (Fsp3) is 0.211. The molecule has 2 aromatic carbocycles. The topological polar surface area (TPSA) is 78.3 Å². The van der Waals surface area contributed by atoms with Crippen LogP contribution in [0, 0.1) is 6.92 Å². The zero-order valence-corrected chi connectivity index (χ0v) is 14.9. The first kappa shape index (κ1) is 17.5. The summed E-state index contributed by atoms with van der Waals surface area (Å²) in [5, 5.41) is 6.98. The Kier molecular flexibility index (Phi) is 5.17. The van der Waals surface area contributed by atoms with Gasteiger partial charge >= 0.3 is 0 Å². The van der Waals surface area contributed by atoms with Crippen molar-refractivity contribution in [2.45, 2.75) is 13.5 Å². The quantitative estimate of drug-likeness (QED) is 0.738. The number of hydrogen-bond acceptors (Lipinski definition) is 5. The van der Waals surface area contributed by atoms with E-state index < -0.39 is 0 Å². The Morgan fingerprint density at radius 2 is 1.81 bits per heavy atom. The van der Waals surface area contributed by atoms with Crippen LogP contribution in [0.3, 0.4) is 0 Å². The van der Waals surface area contributed by atoms with Gasteiger partial charge in [0, 0.05) is 17.3 Å². The third-order valence-corrected chi connectivity index (χ3v) is 4.01. The maximum atomic E-state index is 12.5. The number of hydrogen-bond donors (Lipinski definition) is 1. The summed E-state index contributed by atoms with van der Waals surface area (Å²) in [7, 11) is 3.14. The van der Waals surface area contributed by atoms with E-state index in [1.165, 1.54) is 6.33 Å². The molecule has 1 heterocycles. The Balaban J connectivity index is 1.73. The summed E-state index contributed by atoms with van der Waals surface area (Å²) in [5.74, 6) is 1.00. The molecule has 0 atom stereocenters. The monoisotopic (exact) mass is 352 g/mol. The summed E-state index contributed by atoms with van der Waals surface area (Å²) in [6.07, 6.45) is 3.15. The van der Waals surface area contributed by atoms with Gasteiger partial charge in [0.2, 0.25) is 0 Å². The van der Waals surface area contributed by atoms with Crippen molar-refractivity contribution in [3.63, 3.8) is 0 Å². The van der Waals surface area contributed by atoms with E-state index >= 15 is 0 Å². The second-order valence-electron chi connectivity index (χ2n) is 5.77. The standard InChI is InChI=1S/C19H20N4O3/c1-13-8-17(25-2)18(26-3)9-16(13)22-19(24)15-6-4-14(5-7-15)10-23-12-20-11-21-23/h4-9,11-12H,10H2,1-3H3,(H,22,24). The largest absolute Gasteiger partial charge is 0.493 e. The maximum Gasteiger partial charge on any atom is 0.255 e. The molecular weight excluding hydrogens is 332 g/mol. The second kappa shape index (κ2) is 7.69. The van der Waals surface area contributed by atoms with Crippen molar-refractivity contribution >= 4 is 11.6 Å². The van der Waals surface area contributed by atoms with Gasteiger partial charge in [-0.1, -0.05) is 12.1 Å². The highest BCUT2D eigenvalue weighted by molar-refractivity contribution is 6.04. The number of anilines is 1. The first-order chi connectivity index (χ1) is 12.6.